The van der Waals surface area contributed by atoms with E-state index in [1.807, 2.05) is 13.8 Å². The fourth-order valence-corrected chi connectivity index (χ4v) is 2.36. The standard InChI is InChI=1S/C14H29NO/c1-5-8-14(6-2,9-7-10-15)11-13(16)12(3)4/h12H,5-11,15H2,1-4H3. The van der Waals surface area contributed by atoms with Crippen molar-refractivity contribution in [2.24, 2.45) is 17.1 Å². The van der Waals surface area contributed by atoms with Gasteiger partial charge in [-0.15, -0.1) is 0 Å². The maximum Gasteiger partial charge on any atom is 0.135 e. The van der Waals surface area contributed by atoms with Crippen molar-refractivity contribution in [2.45, 2.75) is 66.2 Å². The van der Waals surface area contributed by atoms with E-state index < -0.39 is 0 Å². The Labute approximate surface area is 101 Å². The van der Waals surface area contributed by atoms with Gasteiger partial charge in [0.2, 0.25) is 0 Å². The minimum Gasteiger partial charge on any atom is -0.330 e. The molecule has 0 aromatic carbocycles. The zero-order valence-electron chi connectivity index (χ0n) is 11.5. The number of carbonyl (C=O) groups is 1. The fourth-order valence-electron chi connectivity index (χ4n) is 2.36. The molecule has 0 amide bonds. The van der Waals surface area contributed by atoms with Crippen LogP contribution in [0.25, 0.3) is 0 Å². The average Bonchev–Trinajstić information content (AvgIpc) is 2.26. The van der Waals surface area contributed by atoms with Crippen LogP contribution in [0.3, 0.4) is 0 Å². The summed E-state index contributed by atoms with van der Waals surface area (Å²) in [5.74, 6) is 0.577. The predicted molar refractivity (Wildman–Crippen MR) is 70.4 cm³/mol. The molecule has 0 aromatic heterocycles. The van der Waals surface area contributed by atoms with Gasteiger partial charge in [-0.1, -0.05) is 40.5 Å². The molecule has 2 N–H and O–H groups in total. The van der Waals surface area contributed by atoms with Crippen LogP contribution in [0.2, 0.25) is 0 Å². The highest BCUT2D eigenvalue weighted by Crippen LogP contribution is 2.38. The molecule has 0 aromatic rings. The lowest BCUT2D eigenvalue weighted by Crippen LogP contribution is -2.27. The van der Waals surface area contributed by atoms with E-state index in [2.05, 4.69) is 13.8 Å². The van der Waals surface area contributed by atoms with Crippen LogP contribution < -0.4 is 5.73 Å². The highest BCUT2D eigenvalue weighted by Gasteiger charge is 2.30. The van der Waals surface area contributed by atoms with E-state index in [4.69, 9.17) is 5.73 Å². The van der Waals surface area contributed by atoms with Gasteiger partial charge in [-0.2, -0.15) is 0 Å². The van der Waals surface area contributed by atoms with Gasteiger partial charge < -0.3 is 5.73 Å². The van der Waals surface area contributed by atoms with Crippen LogP contribution in [0.15, 0.2) is 0 Å². The van der Waals surface area contributed by atoms with Crippen LogP contribution in [0.1, 0.15) is 66.2 Å². The van der Waals surface area contributed by atoms with Crippen LogP contribution in [-0.2, 0) is 4.79 Å². The zero-order valence-corrected chi connectivity index (χ0v) is 11.5. The van der Waals surface area contributed by atoms with E-state index in [1.165, 1.54) is 0 Å². The van der Waals surface area contributed by atoms with Crippen molar-refractivity contribution in [2.75, 3.05) is 6.54 Å². The van der Waals surface area contributed by atoms with Gasteiger partial charge in [0.15, 0.2) is 0 Å². The first-order chi connectivity index (χ1) is 7.51. The van der Waals surface area contributed by atoms with Crippen LogP contribution in [0.4, 0.5) is 0 Å². The summed E-state index contributed by atoms with van der Waals surface area (Å²) in [6.45, 7) is 9.14. The average molecular weight is 227 g/mol. The maximum atomic E-state index is 11.9. The third kappa shape index (κ3) is 5.11. The molecule has 16 heavy (non-hydrogen) atoms. The lowest BCUT2D eigenvalue weighted by atomic mass is 9.72. The van der Waals surface area contributed by atoms with Crippen LogP contribution >= 0.6 is 0 Å². The van der Waals surface area contributed by atoms with Gasteiger partial charge >= 0.3 is 0 Å². The summed E-state index contributed by atoms with van der Waals surface area (Å²) in [5.41, 5.74) is 5.81. The van der Waals surface area contributed by atoms with Gasteiger partial charge in [-0.3, -0.25) is 4.79 Å². The van der Waals surface area contributed by atoms with Gasteiger partial charge in [0.1, 0.15) is 5.78 Å². The minimum atomic E-state index is 0.167. The second kappa shape index (κ2) is 7.83. The molecular weight excluding hydrogens is 198 g/mol. The number of Topliss-reactive ketones (excluding diaryl/α,β-unsaturated/α-hetero) is 1. The molecular formula is C14H29NO. The SMILES string of the molecule is CCCC(CC)(CCCN)CC(=O)C(C)C. The van der Waals surface area contributed by atoms with E-state index in [0.717, 1.165) is 45.1 Å². The third-order valence-corrected chi connectivity index (χ3v) is 3.63. The number of rotatable bonds is 9. The molecule has 0 bridgehead atoms. The molecule has 0 heterocycles. The van der Waals surface area contributed by atoms with E-state index in [-0.39, 0.29) is 11.3 Å². The Hall–Kier alpha value is -0.370. The summed E-state index contributed by atoms with van der Waals surface area (Å²) in [6, 6.07) is 0. The van der Waals surface area contributed by atoms with Crippen LogP contribution in [0, 0.1) is 11.3 Å². The predicted octanol–water partition coefficient (Wildman–Crippen LogP) is 3.54. The van der Waals surface area contributed by atoms with Gasteiger partial charge in [-0.25, -0.2) is 0 Å². The Kier molecular flexibility index (Phi) is 7.65. The second-order valence-corrected chi connectivity index (χ2v) is 5.29. The van der Waals surface area contributed by atoms with Crippen molar-refractivity contribution in [3.63, 3.8) is 0 Å². The van der Waals surface area contributed by atoms with Crippen molar-refractivity contribution >= 4 is 5.78 Å². The molecule has 96 valence electrons. The summed E-state index contributed by atoms with van der Waals surface area (Å²) >= 11 is 0. The molecule has 0 saturated heterocycles. The Balaban J connectivity index is 4.54. The largest absolute Gasteiger partial charge is 0.330 e. The van der Waals surface area contributed by atoms with Gasteiger partial charge in [0.25, 0.3) is 0 Å². The quantitative estimate of drug-likeness (QED) is 0.654. The topological polar surface area (TPSA) is 43.1 Å². The number of ketones is 1. The van der Waals surface area contributed by atoms with Crippen molar-refractivity contribution in [1.82, 2.24) is 0 Å². The minimum absolute atomic E-state index is 0.167. The van der Waals surface area contributed by atoms with Crippen molar-refractivity contribution in [3.8, 4) is 0 Å². The van der Waals surface area contributed by atoms with E-state index in [9.17, 15) is 4.79 Å². The van der Waals surface area contributed by atoms with E-state index in [0.29, 0.717) is 5.78 Å². The lowest BCUT2D eigenvalue weighted by Gasteiger charge is -2.32. The summed E-state index contributed by atoms with van der Waals surface area (Å²) in [6.07, 6.45) is 6.30. The monoisotopic (exact) mass is 227 g/mol. The molecule has 0 aliphatic heterocycles. The Morgan fingerprint density at radius 2 is 1.88 bits per heavy atom. The highest BCUT2D eigenvalue weighted by atomic mass is 16.1. The molecule has 0 rings (SSSR count). The Morgan fingerprint density at radius 1 is 1.25 bits per heavy atom. The number of hydrogen-bond donors (Lipinski definition) is 1. The number of carbonyl (C=O) groups excluding carboxylic acids is 1. The molecule has 0 aliphatic carbocycles. The van der Waals surface area contributed by atoms with Crippen molar-refractivity contribution in [3.05, 3.63) is 0 Å². The summed E-state index contributed by atoms with van der Waals surface area (Å²) < 4.78 is 0. The highest BCUT2D eigenvalue weighted by molar-refractivity contribution is 5.80. The molecule has 2 heteroatoms. The normalized spacial score (nSPS) is 15.1. The number of hydrogen-bond acceptors (Lipinski definition) is 2. The Bertz CT molecular complexity index is 201. The second-order valence-electron chi connectivity index (χ2n) is 5.29. The Morgan fingerprint density at radius 3 is 2.25 bits per heavy atom. The first-order valence-electron chi connectivity index (χ1n) is 6.74. The third-order valence-electron chi connectivity index (χ3n) is 3.63. The first-order valence-corrected chi connectivity index (χ1v) is 6.74. The number of nitrogens with two attached hydrogens (primary N) is 1. The maximum absolute atomic E-state index is 11.9. The van der Waals surface area contributed by atoms with Gasteiger partial charge in [-0.05, 0) is 31.2 Å². The smallest absolute Gasteiger partial charge is 0.135 e. The molecule has 2 nitrogen and oxygen atoms in total. The summed E-state index contributed by atoms with van der Waals surface area (Å²) in [4.78, 5) is 11.9. The lowest BCUT2D eigenvalue weighted by molar-refractivity contribution is -0.124. The van der Waals surface area contributed by atoms with Crippen molar-refractivity contribution < 1.29 is 4.79 Å². The molecule has 1 unspecified atom stereocenters. The van der Waals surface area contributed by atoms with Gasteiger partial charge in [0, 0.05) is 12.3 Å². The van der Waals surface area contributed by atoms with Crippen molar-refractivity contribution in [1.29, 1.82) is 0 Å². The molecule has 0 radical (unpaired) electrons. The molecule has 0 fully saturated rings. The molecule has 0 spiro atoms. The zero-order chi connectivity index (χ0) is 12.6. The summed E-state index contributed by atoms with van der Waals surface area (Å²) in [7, 11) is 0. The van der Waals surface area contributed by atoms with E-state index in [1.54, 1.807) is 0 Å². The fraction of sp³-hybridized carbons (Fsp3) is 0.929. The molecule has 0 saturated carbocycles. The van der Waals surface area contributed by atoms with E-state index >= 15 is 0 Å². The first kappa shape index (κ1) is 15.6. The van der Waals surface area contributed by atoms with Crippen LogP contribution in [0.5, 0.6) is 0 Å². The molecule has 0 aliphatic rings. The van der Waals surface area contributed by atoms with Crippen LogP contribution in [-0.4, -0.2) is 12.3 Å². The van der Waals surface area contributed by atoms with Gasteiger partial charge in [0.05, 0.1) is 0 Å². The molecule has 1 atom stereocenters. The summed E-state index contributed by atoms with van der Waals surface area (Å²) in [5, 5.41) is 0.